The zero-order valence-corrected chi connectivity index (χ0v) is 20.6. The summed E-state index contributed by atoms with van der Waals surface area (Å²) >= 11 is 1.77. The van der Waals surface area contributed by atoms with Gasteiger partial charge in [0.25, 0.3) is 0 Å². The number of aliphatic hydroxyl groups excluding tert-OH is 1. The molecule has 3 N–H and O–H groups in total. The van der Waals surface area contributed by atoms with Crippen molar-refractivity contribution < 1.29 is 32.1 Å². The van der Waals surface area contributed by atoms with E-state index in [1.54, 1.807) is 18.9 Å². The summed E-state index contributed by atoms with van der Waals surface area (Å²) in [6.07, 6.45) is 4.27. The monoisotopic (exact) mass is 497 g/mol. The van der Waals surface area contributed by atoms with Gasteiger partial charge in [-0.2, -0.15) is 8.42 Å². The molecule has 2 aliphatic heterocycles. The summed E-state index contributed by atoms with van der Waals surface area (Å²) in [6.45, 7) is 4.30. The van der Waals surface area contributed by atoms with Crippen molar-refractivity contribution in [3.63, 3.8) is 0 Å². The fourth-order valence-corrected chi connectivity index (χ4v) is 5.46. The first kappa shape index (κ1) is 25.8. The molecule has 2 atom stereocenters. The first-order chi connectivity index (χ1) is 15.5. The van der Waals surface area contributed by atoms with Crippen molar-refractivity contribution in [2.45, 2.75) is 61.4 Å². The highest BCUT2D eigenvalue weighted by molar-refractivity contribution is 8.00. The highest BCUT2D eigenvalue weighted by Gasteiger charge is 2.36. The standard InChI is InChI=1S/C23H29NO3S.H2O4S/c1-23(2)27-21-13-7-17(14-22(21)28-23)20-12-9-18(24(20)15-25)8-4-16-5-10-19(26-3)11-6-16;1-5(2,3)4/h5-7,10-11,13-14,18,20,25H,4,8-9,12,15H2,1-3H3;(H2,1,2,3,4). The predicted molar refractivity (Wildman–Crippen MR) is 127 cm³/mol. The minimum absolute atomic E-state index is 0.101. The fraction of sp³-hybridized carbons (Fsp3) is 0.478. The van der Waals surface area contributed by atoms with Crippen molar-refractivity contribution in [2.75, 3.05) is 13.8 Å². The van der Waals surface area contributed by atoms with Gasteiger partial charge >= 0.3 is 10.4 Å². The average molecular weight is 498 g/mol. The first-order valence-corrected chi connectivity index (χ1v) is 12.9. The highest BCUT2D eigenvalue weighted by Crippen LogP contribution is 2.49. The Hall–Kier alpha value is -1.82. The first-order valence-electron chi connectivity index (χ1n) is 10.7. The third kappa shape index (κ3) is 7.33. The number of methoxy groups -OCH3 is 1. The number of hydrogen-bond acceptors (Lipinski definition) is 7. The van der Waals surface area contributed by atoms with E-state index < -0.39 is 10.4 Å². The van der Waals surface area contributed by atoms with E-state index in [1.807, 2.05) is 12.1 Å². The van der Waals surface area contributed by atoms with Crippen LogP contribution in [0.3, 0.4) is 0 Å². The predicted octanol–water partition coefficient (Wildman–Crippen LogP) is 4.35. The lowest BCUT2D eigenvalue weighted by Gasteiger charge is -2.28. The summed E-state index contributed by atoms with van der Waals surface area (Å²) in [5, 5.41) is 10.1. The molecule has 0 amide bonds. The Morgan fingerprint density at radius 2 is 1.82 bits per heavy atom. The maximum absolute atomic E-state index is 10.1. The van der Waals surface area contributed by atoms with Gasteiger partial charge in [-0.05, 0) is 74.9 Å². The van der Waals surface area contributed by atoms with Gasteiger partial charge in [-0.1, -0.05) is 30.0 Å². The van der Waals surface area contributed by atoms with Crippen molar-refractivity contribution in [1.29, 1.82) is 0 Å². The number of thioether (sulfide) groups is 1. The van der Waals surface area contributed by atoms with Crippen molar-refractivity contribution in [3.05, 3.63) is 53.6 Å². The zero-order chi connectivity index (χ0) is 24.2. The molecule has 0 spiro atoms. The fourth-order valence-electron chi connectivity index (χ4n) is 4.39. The van der Waals surface area contributed by atoms with Crippen molar-refractivity contribution in [2.24, 2.45) is 0 Å². The van der Waals surface area contributed by atoms with Crippen LogP contribution in [-0.2, 0) is 16.8 Å². The summed E-state index contributed by atoms with van der Waals surface area (Å²) in [6, 6.07) is 15.5. The van der Waals surface area contributed by atoms with E-state index in [-0.39, 0.29) is 17.7 Å². The number of ether oxygens (including phenoxy) is 2. The average Bonchev–Trinajstić information content (AvgIpc) is 3.29. The van der Waals surface area contributed by atoms with Crippen LogP contribution >= 0.6 is 11.8 Å². The van der Waals surface area contributed by atoms with E-state index in [4.69, 9.17) is 27.0 Å². The molecule has 33 heavy (non-hydrogen) atoms. The second-order valence-electron chi connectivity index (χ2n) is 8.55. The molecule has 0 saturated carbocycles. The summed E-state index contributed by atoms with van der Waals surface area (Å²) in [7, 11) is -2.97. The molecule has 1 saturated heterocycles. The molecule has 2 heterocycles. The maximum Gasteiger partial charge on any atom is 0.394 e. The normalized spacial score (nSPS) is 21.6. The largest absolute Gasteiger partial charge is 0.497 e. The maximum atomic E-state index is 10.1. The van der Waals surface area contributed by atoms with Crippen molar-refractivity contribution >= 4 is 22.2 Å². The Labute approximate surface area is 199 Å². The number of aryl methyl sites for hydroxylation is 1. The topological polar surface area (TPSA) is 117 Å². The van der Waals surface area contributed by atoms with E-state index in [0.717, 1.165) is 37.2 Å². The van der Waals surface area contributed by atoms with Gasteiger partial charge in [0, 0.05) is 12.1 Å². The summed E-state index contributed by atoms with van der Waals surface area (Å²) in [4.78, 5) is 3.27. The summed E-state index contributed by atoms with van der Waals surface area (Å²) < 4.78 is 42.8. The quantitative estimate of drug-likeness (QED) is 0.501. The van der Waals surface area contributed by atoms with Crippen LogP contribution in [0.2, 0.25) is 0 Å². The van der Waals surface area contributed by atoms with E-state index in [1.165, 1.54) is 16.0 Å². The number of nitrogens with zero attached hydrogens (tertiary/aromatic N) is 1. The molecule has 182 valence electrons. The molecule has 2 aliphatic rings. The lowest BCUT2D eigenvalue weighted by molar-refractivity contribution is 0.0596. The van der Waals surface area contributed by atoms with Gasteiger partial charge in [-0.15, -0.1) is 0 Å². The molecule has 2 unspecified atom stereocenters. The summed E-state index contributed by atoms with van der Waals surface area (Å²) in [5.41, 5.74) is 2.60. The van der Waals surface area contributed by atoms with Gasteiger partial charge in [-0.25, -0.2) is 0 Å². The number of benzene rings is 2. The van der Waals surface area contributed by atoms with Gasteiger partial charge in [0.15, 0.2) is 4.93 Å². The van der Waals surface area contributed by atoms with Crippen LogP contribution in [0.4, 0.5) is 0 Å². The van der Waals surface area contributed by atoms with Gasteiger partial charge in [0.1, 0.15) is 11.5 Å². The Morgan fingerprint density at radius 3 is 2.42 bits per heavy atom. The van der Waals surface area contributed by atoms with Crippen LogP contribution in [0.15, 0.2) is 47.4 Å². The van der Waals surface area contributed by atoms with Gasteiger partial charge in [0.05, 0.1) is 18.7 Å². The SMILES string of the molecule is COc1ccc(CCC2CCC(c3ccc4c(c3)SC(C)(C)O4)N2CO)cc1.O=S(=O)(O)O. The Morgan fingerprint density at radius 1 is 1.15 bits per heavy atom. The lowest BCUT2D eigenvalue weighted by Crippen LogP contribution is -2.32. The second-order valence-corrected chi connectivity index (χ2v) is 11.1. The van der Waals surface area contributed by atoms with Crippen molar-refractivity contribution in [3.8, 4) is 11.5 Å². The minimum atomic E-state index is -4.67. The van der Waals surface area contributed by atoms with Crippen LogP contribution in [0, 0.1) is 0 Å². The van der Waals surface area contributed by atoms with E-state index in [2.05, 4.69) is 49.1 Å². The number of aliphatic hydroxyl groups is 1. The molecule has 0 radical (unpaired) electrons. The smallest absolute Gasteiger partial charge is 0.394 e. The van der Waals surface area contributed by atoms with E-state index in [0.29, 0.717) is 6.04 Å². The molecule has 1 fully saturated rings. The number of likely N-dealkylation sites (tertiary alicyclic amines) is 1. The zero-order valence-electron chi connectivity index (χ0n) is 19.0. The third-order valence-corrected chi connectivity index (χ3v) is 6.91. The molecular formula is C23H31NO7S2. The number of rotatable bonds is 6. The Balaban J connectivity index is 0.000000555. The molecule has 0 bridgehead atoms. The molecule has 0 aliphatic carbocycles. The Bertz CT molecular complexity index is 1030. The van der Waals surface area contributed by atoms with Gasteiger partial charge in [-0.3, -0.25) is 14.0 Å². The molecule has 4 rings (SSSR count). The van der Waals surface area contributed by atoms with Crippen LogP contribution in [0.5, 0.6) is 11.5 Å². The van der Waals surface area contributed by atoms with Crippen molar-refractivity contribution in [1.82, 2.24) is 4.90 Å². The molecule has 2 aromatic carbocycles. The molecule has 8 nitrogen and oxygen atoms in total. The minimum Gasteiger partial charge on any atom is -0.497 e. The third-order valence-electron chi connectivity index (χ3n) is 5.80. The molecule has 2 aromatic rings. The van der Waals surface area contributed by atoms with Crippen LogP contribution in [-0.4, -0.2) is 52.3 Å². The van der Waals surface area contributed by atoms with Gasteiger partial charge < -0.3 is 14.6 Å². The number of hydrogen-bond donors (Lipinski definition) is 3. The van der Waals surface area contributed by atoms with Crippen LogP contribution in [0.25, 0.3) is 0 Å². The number of fused-ring (bicyclic) bond motifs is 1. The highest BCUT2D eigenvalue weighted by atomic mass is 32.3. The molecule has 0 aromatic heterocycles. The second kappa shape index (κ2) is 10.6. The van der Waals surface area contributed by atoms with Gasteiger partial charge in [0.2, 0.25) is 0 Å². The van der Waals surface area contributed by atoms with Crippen LogP contribution < -0.4 is 9.47 Å². The van der Waals surface area contributed by atoms with E-state index in [9.17, 15) is 5.11 Å². The van der Waals surface area contributed by atoms with E-state index >= 15 is 0 Å². The Kier molecular flexibility index (Phi) is 8.31. The molecular weight excluding hydrogens is 466 g/mol. The van der Waals surface area contributed by atoms with Crippen LogP contribution in [0.1, 0.15) is 50.3 Å². The molecule has 10 heteroatoms. The lowest BCUT2D eigenvalue weighted by atomic mass is 10.0. The summed E-state index contributed by atoms with van der Waals surface area (Å²) in [5.74, 6) is 1.87.